The van der Waals surface area contributed by atoms with Gasteiger partial charge < -0.3 is 9.47 Å². The molecule has 0 amide bonds. The fraction of sp³-hybridized carbons (Fsp3) is 0.500. The van der Waals surface area contributed by atoms with Gasteiger partial charge in [0.15, 0.2) is 24.7 Å². The number of ether oxygens (including phenoxy) is 2. The van der Waals surface area contributed by atoms with E-state index >= 15 is 0 Å². The molecule has 1 aliphatic rings. The highest BCUT2D eigenvalue weighted by Gasteiger charge is 2.22. The van der Waals surface area contributed by atoms with E-state index in [1.165, 1.54) is 5.56 Å². The van der Waals surface area contributed by atoms with Crippen LogP contribution in [0.25, 0.3) is 0 Å². The lowest BCUT2D eigenvalue weighted by Crippen LogP contribution is -2.15. The Morgan fingerprint density at radius 1 is 1.18 bits per heavy atom. The third-order valence-corrected chi connectivity index (χ3v) is 3.39. The molecule has 0 saturated heterocycles. The maximum Gasteiger partial charge on any atom is 0.207 e. The number of hydrogen-bond donors (Lipinski definition) is 0. The predicted molar refractivity (Wildman–Crippen MR) is 65.8 cm³/mol. The standard InChI is InChI=1S/C14H18O3/c1-4-14(2,3)10-5-6-12-13(7-10)17-9-11(15)8-16-12/h5-7H,4,8-9H2,1-3H3. The van der Waals surface area contributed by atoms with E-state index in [0.29, 0.717) is 11.5 Å². The molecule has 1 aromatic carbocycles. The van der Waals surface area contributed by atoms with Gasteiger partial charge in [-0.2, -0.15) is 0 Å². The number of ketones is 1. The Labute approximate surface area is 102 Å². The van der Waals surface area contributed by atoms with Crippen LogP contribution in [0.1, 0.15) is 32.8 Å². The molecule has 0 bridgehead atoms. The monoisotopic (exact) mass is 234 g/mol. The molecule has 3 heteroatoms. The van der Waals surface area contributed by atoms with Crippen LogP contribution in [-0.4, -0.2) is 19.0 Å². The quantitative estimate of drug-likeness (QED) is 0.789. The largest absolute Gasteiger partial charge is 0.482 e. The highest BCUT2D eigenvalue weighted by Crippen LogP contribution is 2.35. The SMILES string of the molecule is CCC(C)(C)c1ccc2c(c1)OCC(=O)CO2. The molecule has 1 aromatic rings. The first-order valence-electron chi connectivity index (χ1n) is 5.95. The summed E-state index contributed by atoms with van der Waals surface area (Å²) in [6.45, 7) is 6.74. The molecule has 3 nitrogen and oxygen atoms in total. The number of fused-ring (bicyclic) bond motifs is 1. The van der Waals surface area contributed by atoms with Crippen molar-refractivity contribution in [1.82, 2.24) is 0 Å². The van der Waals surface area contributed by atoms with Crippen molar-refractivity contribution in [2.24, 2.45) is 0 Å². The summed E-state index contributed by atoms with van der Waals surface area (Å²) in [5.41, 5.74) is 1.31. The normalized spacial score (nSPS) is 15.6. The van der Waals surface area contributed by atoms with Crippen molar-refractivity contribution in [3.8, 4) is 11.5 Å². The van der Waals surface area contributed by atoms with Gasteiger partial charge in [0.05, 0.1) is 0 Å². The molecular formula is C14H18O3. The van der Waals surface area contributed by atoms with Crippen molar-refractivity contribution in [3.05, 3.63) is 23.8 Å². The highest BCUT2D eigenvalue weighted by molar-refractivity contribution is 5.82. The number of carbonyl (C=O) groups is 1. The van der Waals surface area contributed by atoms with Gasteiger partial charge in [-0.05, 0) is 29.5 Å². The lowest BCUT2D eigenvalue weighted by atomic mass is 9.82. The highest BCUT2D eigenvalue weighted by atomic mass is 16.5. The number of Topliss-reactive ketones (excluding diaryl/α,β-unsaturated/α-hetero) is 1. The zero-order chi connectivity index (χ0) is 12.5. The second kappa shape index (κ2) is 4.40. The second-order valence-corrected chi connectivity index (χ2v) is 5.01. The van der Waals surface area contributed by atoms with Crippen LogP contribution in [0.3, 0.4) is 0 Å². The van der Waals surface area contributed by atoms with E-state index in [9.17, 15) is 4.79 Å². The van der Waals surface area contributed by atoms with E-state index in [1.807, 2.05) is 18.2 Å². The average molecular weight is 234 g/mol. The molecule has 92 valence electrons. The Morgan fingerprint density at radius 3 is 2.47 bits per heavy atom. The second-order valence-electron chi connectivity index (χ2n) is 5.01. The fourth-order valence-corrected chi connectivity index (χ4v) is 1.72. The number of carbonyl (C=O) groups excluding carboxylic acids is 1. The molecule has 0 fully saturated rings. The number of benzene rings is 1. The summed E-state index contributed by atoms with van der Waals surface area (Å²) in [6.07, 6.45) is 1.05. The maximum atomic E-state index is 11.2. The molecule has 0 aromatic heterocycles. The smallest absolute Gasteiger partial charge is 0.207 e. The summed E-state index contributed by atoms with van der Waals surface area (Å²) in [5.74, 6) is 1.30. The Kier molecular flexibility index (Phi) is 3.09. The van der Waals surface area contributed by atoms with Crippen molar-refractivity contribution in [1.29, 1.82) is 0 Å². The molecule has 0 aliphatic carbocycles. The van der Waals surface area contributed by atoms with Crippen LogP contribution < -0.4 is 9.47 Å². The molecule has 0 saturated carbocycles. The van der Waals surface area contributed by atoms with Crippen molar-refractivity contribution in [2.75, 3.05) is 13.2 Å². The van der Waals surface area contributed by atoms with Gasteiger partial charge >= 0.3 is 0 Å². The van der Waals surface area contributed by atoms with Crippen molar-refractivity contribution in [2.45, 2.75) is 32.6 Å². The summed E-state index contributed by atoms with van der Waals surface area (Å²) in [7, 11) is 0. The van der Waals surface area contributed by atoms with Gasteiger partial charge in [-0.15, -0.1) is 0 Å². The molecule has 2 rings (SSSR count). The molecule has 1 heterocycles. The van der Waals surface area contributed by atoms with E-state index in [1.54, 1.807) is 0 Å². The molecule has 1 aliphatic heterocycles. The van der Waals surface area contributed by atoms with Gasteiger partial charge in [-0.25, -0.2) is 0 Å². The van der Waals surface area contributed by atoms with E-state index in [4.69, 9.17) is 9.47 Å². The third kappa shape index (κ3) is 2.43. The minimum absolute atomic E-state index is 0.0301. The minimum Gasteiger partial charge on any atom is -0.482 e. The van der Waals surface area contributed by atoms with Gasteiger partial charge in [0, 0.05) is 0 Å². The van der Waals surface area contributed by atoms with Crippen molar-refractivity contribution in [3.63, 3.8) is 0 Å². The molecule has 17 heavy (non-hydrogen) atoms. The number of hydrogen-bond acceptors (Lipinski definition) is 3. The average Bonchev–Trinajstić information content (AvgIpc) is 2.51. The zero-order valence-electron chi connectivity index (χ0n) is 10.6. The van der Waals surface area contributed by atoms with Crippen LogP contribution in [0.2, 0.25) is 0 Å². The van der Waals surface area contributed by atoms with Crippen LogP contribution in [-0.2, 0) is 10.2 Å². The van der Waals surface area contributed by atoms with Crippen molar-refractivity contribution < 1.29 is 14.3 Å². The fourth-order valence-electron chi connectivity index (χ4n) is 1.72. The molecule has 0 spiro atoms. The lowest BCUT2D eigenvalue weighted by Gasteiger charge is -2.24. The summed E-state index contributed by atoms with van der Waals surface area (Å²) in [5, 5.41) is 0. The van der Waals surface area contributed by atoms with Gasteiger partial charge in [0.2, 0.25) is 5.78 Å². The van der Waals surface area contributed by atoms with Gasteiger partial charge in [0.1, 0.15) is 0 Å². The Morgan fingerprint density at radius 2 is 1.82 bits per heavy atom. The summed E-state index contributed by atoms with van der Waals surface area (Å²) in [4.78, 5) is 11.2. The van der Waals surface area contributed by atoms with Crippen LogP contribution in [0.15, 0.2) is 18.2 Å². The van der Waals surface area contributed by atoms with Gasteiger partial charge in [-0.3, -0.25) is 4.79 Å². The maximum absolute atomic E-state index is 11.2. The summed E-state index contributed by atoms with van der Waals surface area (Å²) < 4.78 is 10.9. The topological polar surface area (TPSA) is 35.5 Å². The summed E-state index contributed by atoms with van der Waals surface area (Å²) in [6, 6.07) is 5.92. The Bertz CT molecular complexity index is 435. The first kappa shape index (κ1) is 12.0. The summed E-state index contributed by atoms with van der Waals surface area (Å²) >= 11 is 0. The van der Waals surface area contributed by atoms with Gasteiger partial charge in [-0.1, -0.05) is 26.8 Å². The first-order valence-corrected chi connectivity index (χ1v) is 5.95. The molecule has 0 N–H and O–H groups in total. The molecular weight excluding hydrogens is 216 g/mol. The molecule has 0 atom stereocenters. The third-order valence-electron chi connectivity index (χ3n) is 3.39. The number of rotatable bonds is 2. The van der Waals surface area contributed by atoms with Gasteiger partial charge in [0.25, 0.3) is 0 Å². The zero-order valence-corrected chi connectivity index (χ0v) is 10.6. The van der Waals surface area contributed by atoms with E-state index < -0.39 is 0 Å². The molecule has 0 radical (unpaired) electrons. The van der Waals surface area contributed by atoms with Crippen molar-refractivity contribution >= 4 is 5.78 Å². The molecule has 0 unspecified atom stereocenters. The first-order chi connectivity index (χ1) is 8.03. The minimum atomic E-state index is -0.0301. The van der Waals surface area contributed by atoms with E-state index in [-0.39, 0.29) is 24.4 Å². The Hall–Kier alpha value is -1.51. The Balaban J connectivity index is 2.34. The van der Waals surface area contributed by atoms with Crippen LogP contribution in [0, 0.1) is 0 Å². The van der Waals surface area contributed by atoms with E-state index in [0.717, 1.165) is 6.42 Å². The van der Waals surface area contributed by atoms with E-state index in [2.05, 4.69) is 20.8 Å². The lowest BCUT2D eigenvalue weighted by molar-refractivity contribution is -0.122. The predicted octanol–water partition coefficient (Wildman–Crippen LogP) is 2.71. The van der Waals surface area contributed by atoms with Crippen LogP contribution in [0.5, 0.6) is 11.5 Å². The van der Waals surface area contributed by atoms with Crippen LogP contribution >= 0.6 is 0 Å². The van der Waals surface area contributed by atoms with Crippen LogP contribution in [0.4, 0.5) is 0 Å².